The fourth-order valence-corrected chi connectivity index (χ4v) is 4.73. The summed E-state index contributed by atoms with van der Waals surface area (Å²) < 4.78 is 24.7. The summed E-state index contributed by atoms with van der Waals surface area (Å²) in [4.78, 5) is 12.3. The highest BCUT2D eigenvalue weighted by Gasteiger charge is 2.20. The van der Waals surface area contributed by atoms with Gasteiger partial charge >= 0.3 is 5.97 Å². The highest BCUT2D eigenvalue weighted by molar-refractivity contribution is 5.91. The van der Waals surface area contributed by atoms with Crippen LogP contribution < -0.4 is 9.47 Å². The molecule has 0 atom stereocenters. The van der Waals surface area contributed by atoms with Crippen molar-refractivity contribution in [1.29, 1.82) is 5.26 Å². The number of hydrogen-bond donors (Lipinski definition) is 0. The molecule has 0 N–H and O–H groups in total. The topological polar surface area (TPSA) is 59.3 Å². The van der Waals surface area contributed by atoms with Crippen LogP contribution in [0.4, 0.5) is 4.39 Å². The molecule has 0 spiro atoms. The standard InChI is InChI=1S/C29H36FNO3/c1-2-3-4-5-7-22-9-11-23(12-10-22)8-6-19-33-26-16-13-24(14-17-26)29(32)34-27-18-15-25(21-31)28(30)20-27/h13-18,20,22-23H,2-12,19H2,1H3/t22-,23-. The molecule has 1 saturated carbocycles. The van der Waals surface area contributed by atoms with Gasteiger partial charge in [0.1, 0.15) is 23.4 Å². The minimum Gasteiger partial charge on any atom is -0.494 e. The van der Waals surface area contributed by atoms with Crippen molar-refractivity contribution in [3.8, 4) is 17.6 Å². The minimum absolute atomic E-state index is 0.0624. The summed E-state index contributed by atoms with van der Waals surface area (Å²) in [5, 5.41) is 8.78. The van der Waals surface area contributed by atoms with Crippen molar-refractivity contribution in [2.24, 2.45) is 11.8 Å². The van der Waals surface area contributed by atoms with Crippen LogP contribution in [0.5, 0.6) is 11.5 Å². The Kier molecular flexibility index (Phi) is 10.4. The van der Waals surface area contributed by atoms with Crippen LogP contribution >= 0.6 is 0 Å². The number of esters is 1. The Bertz CT molecular complexity index is 943. The smallest absolute Gasteiger partial charge is 0.343 e. The molecule has 182 valence electrons. The van der Waals surface area contributed by atoms with E-state index in [-0.39, 0.29) is 11.3 Å². The Morgan fingerprint density at radius 3 is 2.21 bits per heavy atom. The molecule has 2 aromatic rings. The molecular formula is C29H36FNO3. The SMILES string of the molecule is CCCCCC[C@H]1CC[C@H](CCCOc2ccc(C(=O)Oc3ccc(C#N)c(F)c3)cc2)CC1. The van der Waals surface area contributed by atoms with E-state index in [1.165, 1.54) is 76.3 Å². The van der Waals surface area contributed by atoms with Gasteiger partial charge in [-0.15, -0.1) is 0 Å². The summed E-state index contributed by atoms with van der Waals surface area (Å²) in [5.41, 5.74) is 0.260. The lowest BCUT2D eigenvalue weighted by Crippen LogP contribution is -2.15. The van der Waals surface area contributed by atoms with Crippen molar-refractivity contribution in [1.82, 2.24) is 0 Å². The van der Waals surface area contributed by atoms with Gasteiger partial charge in [0, 0.05) is 6.07 Å². The molecule has 1 aliphatic rings. The van der Waals surface area contributed by atoms with E-state index in [4.69, 9.17) is 14.7 Å². The van der Waals surface area contributed by atoms with Gasteiger partial charge < -0.3 is 9.47 Å². The molecule has 0 aromatic heterocycles. The number of ether oxygens (including phenoxy) is 2. The fraction of sp³-hybridized carbons (Fsp3) is 0.517. The Morgan fingerprint density at radius 1 is 0.941 bits per heavy atom. The molecule has 0 unspecified atom stereocenters. The monoisotopic (exact) mass is 465 g/mol. The minimum atomic E-state index is -0.716. The van der Waals surface area contributed by atoms with E-state index in [0.717, 1.165) is 30.1 Å². The maximum Gasteiger partial charge on any atom is 0.343 e. The summed E-state index contributed by atoms with van der Waals surface area (Å²) in [6, 6.07) is 12.2. The number of rotatable bonds is 12. The van der Waals surface area contributed by atoms with Crippen molar-refractivity contribution >= 4 is 5.97 Å². The van der Waals surface area contributed by atoms with Crippen molar-refractivity contribution in [3.05, 3.63) is 59.4 Å². The third kappa shape index (κ3) is 8.17. The van der Waals surface area contributed by atoms with Crippen LogP contribution in [-0.4, -0.2) is 12.6 Å². The molecule has 0 aliphatic heterocycles. The van der Waals surface area contributed by atoms with Gasteiger partial charge in [-0.3, -0.25) is 0 Å². The summed E-state index contributed by atoms with van der Waals surface area (Å²) in [7, 11) is 0. The normalized spacial score (nSPS) is 17.7. The molecule has 0 amide bonds. The van der Waals surface area contributed by atoms with E-state index in [9.17, 15) is 9.18 Å². The molecular weight excluding hydrogens is 429 g/mol. The van der Waals surface area contributed by atoms with E-state index in [1.54, 1.807) is 30.3 Å². The first-order valence-electron chi connectivity index (χ1n) is 12.7. The van der Waals surface area contributed by atoms with Gasteiger partial charge in [-0.1, -0.05) is 64.7 Å². The zero-order valence-corrected chi connectivity index (χ0v) is 20.2. The largest absolute Gasteiger partial charge is 0.494 e. The zero-order chi connectivity index (χ0) is 24.2. The summed E-state index contributed by atoms with van der Waals surface area (Å²) in [6.45, 7) is 2.94. The molecule has 1 aliphatic carbocycles. The van der Waals surface area contributed by atoms with Crippen molar-refractivity contribution in [2.75, 3.05) is 6.61 Å². The molecule has 1 fully saturated rings. The second kappa shape index (κ2) is 13.7. The lowest BCUT2D eigenvalue weighted by atomic mass is 9.78. The van der Waals surface area contributed by atoms with Crippen LogP contribution in [0.3, 0.4) is 0 Å². The Morgan fingerprint density at radius 2 is 1.59 bits per heavy atom. The predicted octanol–water partition coefficient (Wildman–Crippen LogP) is 7.85. The number of halogens is 1. The molecule has 5 heteroatoms. The fourth-order valence-electron chi connectivity index (χ4n) is 4.73. The quantitative estimate of drug-likeness (QED) is 0.182. The number of carbonyl (C=O) groups excluding carboxylic acids is 1. The van der Waals surface area contributed by atoms with Gasteiger partial charge in [-0.25, -0.2) is 9.18 Å². The van der Waals surface area contributed by atoms with Crippen LogP contribution in [-0.2, 0) is 0 Å². The van der Waals surface area contributed by atoms with E-state index in [0.29, 0.717) is 12.2 Å². The Balaban J connectivity index is 1.33. The average Bonchev–Trinajstić information content (AvgIpc) is 2.86. The highest BCUT2D eigenvalue weighted by Crippen LogP contribution is 2.34. The van der Waals surface area contributed by atoms with Crippen LogP contribution in [0.1, 0.15) is 93.5 Å². The third-order valence-electron chi connectivity index (χ3n) is 6.82. The third-order valence-corrected chi connectivity index (χ3v) is 6.82. The Hall–Kier alpha value is -2.87. The molecule has 0 radical (unpaired) electrons. The van der Waals surface area contributed by atoms with Gasteiger partial charge in [-0.2, -0.15) is 5.26 Å². The van der Waals surface area contributed by atoms with Gasteiger partial charge in [0.15, 0.2) is 0 Å². The van der Waals surface area contributed by atoms with E-state index >= 15 is 0 Å². The average molecular weight is 466 g/mol. The second-order valence-corrected chi connectivity index (χ2v) is 9.39. The van der Waals surface area contributed by atoms with Crippen LogP contribution in [0.15, 0.2) is 42.5 Å². The molecule has 0 saturated heterocycles. The maximum absolute atomic E-state index is 13.7. The molecule has 2 aromatic carbocycles. The van der Waals surface area contributed by atoms with Crippen LogP contribution in [0.2, 0.25) is 0 Å². The second-order valence-electron chi connectivity index (χ2n) is 9.39. The van der Waals surface area contributed by atoms with E-state index in [2.05, 4.69) is 6.92 Å². The Labute approximate surface area is 203 Å². The predicted molar refractivity (Wildman–Crippen MR) is 131 cm³/mol. The number of nitrogens with zero attached hydrogens (tertiary/aromatic N) is 1. The van der Waals surface area contributed by atoms with Crippen molar-refractivity contribution < 1.29 is 18.7 Å². The van der Waals surface area contributed by atoms with Gasteiger partial charge in [0.25, 0.3) is 0 Å². The number of benzene rings is 2. The number of unbranched alkanes of at least 4 members (excludes halogenated alkanes) is 3. The first kappa shape index (κ1) is 25.7. The molecule has 4 nitrogen and oxygen atoms in total. The molecule has 0 heterocycles. The zero-order valence-electron chi connectivity index (χ0n) is 20.2. The number of hydrogen-bond acceptors (Lipinski definition) is 4. The van der Waals surface area contributed by atoms with Gasteiger partial charge in [0.2, 0.25) is 0 Å². The van der Waals surface area contributed by atoms with E-state index < -0.39 is 11.8 Å². The number of carbonyl (C=O) groups is 1. The van der Waals surface area contributed by atoms with Gasteiger partial charge in [0.05, 0.1) is 17.7 Å². The van der Waals surface area contributed by atoms with Crippen LogP contribution in [0, 0.1) is 29.0 Å². The van der Waals surface area contributed by atoms with Gasteiger partial charge in [-0.05, 0) is 61.1 Å². The molecule has 0 bridgehead atoms. The first-order valence-corrected chi connectivity index (χ1v) is 12.7. The maximum atomic E-state index is 13.7. The lowest BCUT2D eigenvalue weighted by molar-refractivity contribution is 0.0734. The first-order chi connectivity index (χ1) is 16.6. The summed E-state index contributed by atoms with van der Waals surface area (Å²) in [6.07, 6.45) is 14.7. The number of nitriles is 1. The van der Waals surface area contributed by atoms with Crippen molar-refractivity contribution in [3.63, 3.8) is 0 Å². The summed E-state index contributed by atoms with van der Waals surface area (Å²) in [5.74, 6) is 1.26. The van der Waals surface area contributed by atoms with Crippen LogP contribution in [0.25, 0.3) is 0 Å². The lowest BCUT2D eigenvalue weighted by Gasteiger charge is -2.28. The van der Waals surface area contributed by atoms with Crippen molar-refractivity contribution in [2.45, 2.75) is 77.6 Å². The molecule has 3 rings (SSSR count). The summed E-state index contributed by atoms with van der Waals surface area (Å²) >= 11 is 0. The molecule has 34 heavy (non-hydrogen) atoms. The highest BCUT2D eigenvalue weighted by atomic mass is 19.1. The van der Waals surface area contributed by atoms with E-state index in [1.807, 2.05) is 0 Å².